The second-order valence-electron chi connectivity index (χ2n) is 15.2. The fourth-order valence-corrected chi connectivity index (χ4v) is 9.75. The summed E-state index contributed by atoms with van der Waals surface area (Å²) in [5.74, 6) is 1.30. The Hall–Kier alpha value is -4.69. The summed E-state index contributed by atoms with van der Waals surface area (Å²) >= 11 is 1.67. The highest BCUT2D eigenvalue weighted by molar-refractivity contribution is 7.98. The molecule has 59 heavy (non-hydrogen) atoms. The van der Waals surface area contributed by atoms with Crippen molar-refractivity contribution in [3.05, 3.63) is 96.1 Å². The molecule has 316 valence electrons. The molecule has 0 spiro atoms. The number of hydrogen-bond acceptors (Lipinski definition) is 12. The van der Waals surface area contributed by atoms with E-state index >= 15 is 0 Å². The molecule has 3 aromatic carbocycles. The van der Waals surface area contributed by atoms with Gasteiger partial charge in [0.1, 0.15) is 30.4 Å². The molecule has 2 aliphatic heterocycles. The lowest BCUT2D eigenvalue weighted by Gasteiger charge is -2.59. The number of carbonyl (C=O) groups is 1. The van der Waals surface area contributed by atoms with Crippen LogP contribution in [0.4, 0.5) is 4.79 Å². The Bertz CT molecular complexity index is 1990. The third-order valence-corrected chi connectivity index (χ3v) is 12.6. The van der Waals surface area contributed by atoms with Crippen molar-refractivity contribution in [3.8, 4) is 28.7 Å². The SMILES string of the molecule is C=CCOC12Oc3ccc(Oc4ccc(SC)cc4)cc3C3C(CCCCO)C(CCCCO)C=C(C(=NOC)CC1N(Cc1ccc4c(c1)OCO4)C(=O)OCC)C32. The first kappa shape index (κ1) is 42.4. The molecule has 1 amide bonds. The van der Waals surface area contributed by atoms with Gasteiger partial charge in [-0.3, -0.25) is 4.90 Å². The summed E-state index contributed by atoms with van der Waals surface area (Å²) in [4.78, 5) is 22.8. The van der Waals surface area contributed by atoms with Gasteiger partial charge in [0.2, 0.25) is 12.6 Å². The number of carbonyl (C=O) groups excluding carboxylic acids is 1. The van der Waals surface area contributed by atoms with Gasteiger partial charge in [0, 0.05) is 42.6 Å². The normalized spacial score (nSPS) is 24.3. The van der Waals surface area contributed by atoms with Crippen LogP contribution in [-0.4, -0.2) is 85.3 Å². The Kier molecular flexibility index (Phi) is 14.1. The van der Waals surface area contributed by atoms with E-state index in [1.165, 1.54) is 7.11 Å². The first-order chi connectivity index (χ1) is 28.9. The minimum Gasteiger partial charge on any atom is -0.459 e. The summed E-state index contributed by atoms with van der Waals surface area (Å²) < 4.78 is 38.0. The van der Waals surface area contributed by atoms with Crippen LogP contribution in [0.15, 0.2) is 95.0 Å². The maximum absolute atomic E-state index is 14.4. The number of aliphatic hydroxyl groups is 2. The van der Waals surface area contributed by atoms with Gasteiger partial charge in [0.15, 0.2) is 11.5 Å². The molecule has 3 aromatic rings. The summed E-state index contributed by atoms with van der Waals surface area (Å²) in [6, 6.07) is 18.8. The molecule has 12 nitrogen and oxygen atoms in total. The van der Waals surface area contributed by atoms with Crippen LogP contribution >= 0.6 is 11.8 Å². The third-order valence-electron chi connectivity index (χ3n) is 11.8. The zero-order chi connectivity index (χ0) is 41.4. The molecule has 0 radical (unpaired) electrons. The summed E-state index contributed by atoms with van der Waals surface area (Å²) in [5, 5.41) is 24.5. The summed E-state index contributed by atoms with van der Waals surface area (Å²) in [6.07, 6.45) is 10.4. The van der Waals surface area contributed by atoms with Gasteiger partial charge < -0.3 is 43.5 Å². The second-order valence-corrected chi connectivity index (χ2v) is 16.1. The molecule has 2 heterocycles. The van der Waals surface area contributed by atoms with E-state index < -0.39 is 23.8 Å². The van der Waals surface area contributed by atoms with E-state index in [1.54, 1.807) is 29.7 Å². The molecule has 6 unspecified atom stereocenters. The number of nitrogens with zero attached hydrogens (tertiary/aromatic N) is 2. The van der Waals surface area contributed by atoms with Crippen LogP contribution in [0.2, 0.25) is 0 Å². The number of allylic oxidation sites excluding steroid dienone is 1. The van der Waals surface area contributed by atoms with Crippen molar-refractivity contribution in [1.82, 2.24) is 4.90 Å². The number of thioether (sulfide) groups is 1. The number of oxime groups is 1. The van der Waals surface area contributed by atoms with Crippen molar-refractivity contribution in [2.75, 3.05) is 46.6 Å². The molecule has 0 aromatic heterocycles. The molecule has 0 bridgehead atoms. The first-order valence-corrected chi connectivity index (χ1v) is 21.9. The van der Waals surface area contributed by atoms with Crippen molar-refractivity contribution in [2.45, 2.75) is 81.1 Å². The monoisotopic (exact) mass is 828 g/mol. The van der Waals surface area contributed by atoms with Crippen molar-refractivity contribution in [3.63, 3.8) is 0 Å². The number of rotatable bonds is 19. The van der Waals surface area contributed by atoms with Gasteiger partial charge >= 0.3 is 6.09 Å². The fourth-order valence-electron chi connectivity index (χ4n) is 9.35. The summed E-state index contributed by atoms with van der Waals surface area (Å²) in [5.41, 5.74) is 3.41. The fraction of sp³-hybridized carbons (Fsp3) is 0.478. The number of hydrogen-bond donors (Lipinski definition) is 2. The number of unbranched alkanes of at least 4 members (excludes halogenated alkanes) is 2. The maximum Gasteiger partial charge on any atom is 0.410 e. The average Bonchev–Trinajstić information content (AvgIpc) is 3.72. The number of aliphatic hydroxyl groups excluding tert-OH is 2. The van der Waals surface area contributed by atoms with Gasteiger partial charge in [-0.15, -0.1) is 18.3 Å². The lowest BCUT2D eigenvalue weighted by atomic mass is 9.55. The van der Waals surface area contributed by atoms with Gasteiger partial charge in [-0.05, 0) is 116 Å². The highest BCUT2D eigenvalue weighted by atomic mass is 32.2. The smallest absolute Gasteiger partial charge is 0.410 e. The third kappa shape index (κ3) is 8.94. The molecular formula is C46H56N2O10S. The Morgan fingerprint density at radius 2 is 1.73 bits per heavy atom. The van der Waals surface area contributed by atoms with Gasteiger partial charge in [0.25, 0.3) is 0 Å². The Balaban J connectivity index is 1.42. The molecule has 2 N–H and O–H groups in total. The topological polar surface area (TPSA) is 138 Å². The van der Waals surface area contributed by atoms with E-state index in [2.05, 4.69) is 23.9 Å². The van der Waals surface area contributed by atoms with E-state index in [0.717, 1.165) is 53.0 Å². The zero-order valence-electron chi connectivity index (χ0n) is 34.2. The minimum absolute atomic E-state index is 0.0620. The van der Waals surface area contributed by atoms with Gasteiger partial charge in [-0.2, -0.15) is 0 Å². The van der Waals surface area contributed by atoms with Crippen molar-refractivity contribution in [1.29, 1.82) is 0 Å². The Morgan fingerprint density at radius 1 is 0.983 bits per heavy atom. The quantitative estimate of drug-likeness (QED) is 0.0519. The lowest BCUT2D eigenvalue weighted by molar-refractivity contribution is -0.256. The van der Waals surface area contributed by atoms with E-state index in [9.17, 15) is 15.0 Å². The van der Waals surface area contributed by atoms with Crippen LogP contribution in [0.25, 0.3) is 0 Å². The van der Waals surface area contributed by atoms with Gasteiger partial charge in [0.05, 0.1) is 24.8 Å². The van der Waals surface area contributed by atoms with Crippen LogP contribution in [-0.2, 0) is 20.9 Å². The van der Waals surface area contributed by atoms with E-state index in [4.69, 9.17) is 33.3 Å². The zero-order valence-corrected chi connectivity index (χ0v) is 35.0. The second kappa shape index (κ2) is 19.6. The van der Waals surface area contributed by atoms with Crippen LogP contribution in [0.1, 0.15) is 68.9 Å². The number of amides is 1. The van der Waals surface area contributed by atoms with Crippen LogP contribution in [0, 0.1) is 17.8 Å². The molecular weight excluding hydrogens is 773 g/mol. The maximum atomic E-state index is 14.4. The summed E-state index contributed by atoms with van der Waals surface area (Å²) in [6.45, 7) is 6.60. The molecule has 2 aliphatic carbocycles. The Labute approximate surface area is 351 Å². The van der Waals surface area contributed by atoms with Crippen LogP contribution in [0.5, 0.6) is 28.7 Å². The van der Waals surface area contributed by atoms with Gasteiger partial charge in [-0.25, -0.2) is 4.79 Å². The van der Waals surface area contributed by atoms with E-state index in [0.29, 0.717) is 41.6 Å². The van der Waals surface area contributed by atoms with E-state index in [1.807, 2.05) is 60.9 Å². The average molecular weight is 829 g/mol. The highest BCUT2D eigenvalue weighted by Crippen LogP contribution is 2.62. The predicted octanol–water partition coefficient (Wildman–Crippen LogP) is 8.85. The van der Waals surface area contributed by atoms with Crippen molar-refractivity contribution in [2.24, 2.45) is 22.9 Å². The van der Waals surface area contributed by atoms with E-state index in [-0.39, 0.29) is 63.9 Å². The van der Waals surface area contributed by atoms with Crippen LogP contribution in [0.3, 0.4) is 0 Å². The molecule has 13 heteroatoms. The number of fused-ring (bicyclic) bond motifs is 3. The van der Waals surface area contributed by atoms with Gasteiger partial charge in [-0.1, -0.05) is 36.2 Å². The molecule has 1 fully saturated rings. The molecule has 7 rings (SSSR count). The summed E-state index contributed by atoms with van der Waals surface area (Å²) in [7, 11) is 1.53. The number of benzene rings is 3. The van der Waals surface area contributed by atoms with Crippen LogP contribution < -0.4 is 18.9 Å². The lowest BCUT2D eigenvalue weighted by Crippen LogP contribution is -2.70. The van der Waals surface area contributed by atoms with Crippen molar-refractivity contribution >= 4 is 23.6 Å². The molecule has 0 saturated heterocycles. The van der Waals surface area contributed by atoms with Crippen molar-refractivity contribution < 1.29 is 48.3 Å². The molecule has 4 aliphatic rings. The largest absolute Gasteiger partial charge is 0.459 e. The Morgan fingerprint density at radius 3 is 2.46 bits per heavy atom. The highest BCUT2D eigenvalue weighted by Gasteiger charge is 2.65. The minimum atomic E-state index is -1.44. The molecule has 1 saturated carbocycles. The standard InChI is InChI=1S/C46H56N2O10S/c1-5-23-56-46-42(48(45(51)53-6-2)28-30-13-19-40-41(24-30)55-29-54-40)27-38(47-52-3)36-25-31(11-7-9-21-49)35(12-8-10-22-50)43(44(36)46)37-26-33(16-20-39(37)58-46)57-32-14-17-34(59-4)18-15-32/h5,13-20,24-26,31,35,42-44,49-50H,1,6-12,21-23,27-29H2,2-4H3. The molecule has 6 atom stereocenters. The number of ether oxygens (including phenoxy) is 6. The first-order valence-electron chi connectivity index (χ1n) is 20.6. The predicted molar refractivity (Wildman–Crippen MR) is 225 cm³/mol.